The van der Waals surface area contributed by atoms with Gasteiger partial charge >= 0.3 is 0 Å². The molecular formula is C8H5IN2O. The number of benzene rings is 1. The summed E-state index contributed by atoms with van der Waals surface area (Å²) in [5.74, 6) is 0.639. The molecule has 0 unspecified atom stereocenters. The Kier molecular flexibility index (Phi) is 2.07. The monoisotopic (exact) mass is 272 g/mol. The first-order valence-electron chi connectivity index (χ1n) is 3.41. The van der Waals surface area contributed by atoms with E-state index in [4.69, 9.17) is 4.52 Å². The van der Waals surface area contributed by atoms with E-state index in [1.807, 2.05) is 52.9 Å². The molecule has 60 valence electrons. The first-order chi connectivity index (χ1) is 5.86. The van der Waals surface area contributed by atoms with Gasteiger partial charge < -0.3 is 4.52 Å². The van der Waals surface area contributed by atoms with Crippen LogP contribution in [-0.2, 0) is 0 Å². The molecule has 0 saturated heterocycles. The summed E-state index contributed by atoms with van der Waals surface area (Å²) in [4.78, 5) is 4.09. The third-order valence-electron chi connectivity index (χ3n) is 1.43. The molecule has 0 aliphatic rings. The van der Waals surface area contributed by atoms with Crippen LogP contribution in [0.1, 0.15) is 0 Å². The summed E-state index contributed by atoms with van der Waals surface area (Å²) in [7, 11) is 0. The fraction of sp³-hybridized carbons (Fsp3) is 0. The number of hydrogen-bond donors (Lipinski definition) is 0. The normalized spacial score (nSPS) is 10.1. The molecule has 0 fully saturated rings. The van der Waals surface area contributed by atoms with Crippen LogP contribution >= 0.6 is 22.6 Å². The van der Waals surface area contributed by atoms with Crippen LogP contribution in [0.25, 0.3) is 11.4 Å². The highest BCUT2D eigenvalue weighted by atomic mass is 127. The summed E-state index contributed by atoms with van der Waals surface area (Å²) in [5.41, 5.74) is 0.976. The fourth-order valence-electron chi connectivity index (χ4n) is 0.909. The Hall–Kier alpha value is -0.910. The van der Waals surface area contributed by atoms with Gasteiger partial charge in [-0.1, -0.05) is 35.5 Å². The minimum Gasteiger partial charge on any atom is -0.328 e. The van der Waals surface area contributed by atoms with Gasteiger partial charge in [0.1, 0.15) is 0 Å². The third kappa shape index (κ3) is 1.47. The molecule has 1 aromatic heterocycles. The maximum atomic E-state index is 4.84. The largest absolute Gasteiger partial charge is 0.328 e. The highest BCUT2D eigenvalue weighted by Gasteiger charge is 2.03. The summed E-state index contributed by atoms with van der Waals surface area (Å²) in [5, 5.41) is 3.79. The van der Waals surface area contributed by atoms with Crippen molar-refractivity contribution < 1.29 is 4.52 Å². The van der Waals surface area contributed by atoms with E-state index in [-0.39, 0.29) is 0 Å². The number of aromatic nitrogens is 2. The molecule has 0 saturated carbocycles. The van der Waals surface area contributed by atoms with Gasteiger partial charge in [-0.2, -0.15) is 4.98 Å². The second kappa shape index (κ2) is 3.22. The molecule has 1 aromatic carbocycles. The van der Waals surface area contributed by atoms with Gasteiger partial charge in [-0.15, -0.1) is 0 Å². The standard InChI is InChI=1S/C8H5IN2O/c9-8-10-7(11-12-8)6-4-2-1-3-5-6/h1-5H. The van der Waals surface area contributed by atoms with Gasteiger partial charge in [0.05, 0.1) is 0 Å². The molecule has 3 nitrogen and oxygen atoms in total. The smallest absolute Gasteiger partial charge is 0.287 e. The molecule has 0 N–H and O–H groups in total. The molecule has 0 amide bonds. The molecule has 2 rings (SSSR count). The van der Waals surface area contributed by atoms with Crippen LogP contribution in [0.4, 0.5) is 0 Å². The van der Waals surface area contributed by atoms with Crippen LogP contribution < -0.4 is 0 Å². The molecule has 0 aliphatic heterocycles. The van der Waals surface area contributed by atoms with E-state index in [0.29, 0.717) is 9.72 Å². The van der Waals surface area contributed by atoms with E-state index in [1.54, 1.807) is 0 Å². The Morgan fingerprint density at radius 2 is 1.92 bits per heavy atom. The van der Waals surface area contributed by atoms with Crippen LogP contribution in [0.3, 0.4) is 0 Å². The molecule has 0 radical (unpaired) electrons. The first kappa shape index (κ1) is 7.72. The maximum absolute atomic E-state index is 4.84. The molecule has 2 aromatic rings. The van der Waals surface area contributed by atoms with Crippen molar-refractivity contribution in [3.8, 4) is 11.4 Å². The third-order valence-corrected chi connectivity index (χ3v) is 1.87. The first-order valence-corrected chi connectivity index (χ1v) is 4.49. The zero-order chi connectivity index (χ0) is 8.39. The van der Waals surface area contributed by atoms with Crippen LogP contribution in [0.2, 0.25) is 0 Å². The zero-order valence-electron chi connectivity index (χ0n) is 6.07. The van der Waals surface area contributed by atoms with Crippen molar-refractivity contribution >= 4 is 22.6 Å². The quantitative estimate of drug-likeness (QED) is 0.748. The van der Waals surface area contributed by atoms with Crippen LogP contribution in [0.5, 0.6) is 0 Å². The van der Waals surface area contributed by atoms with Crippen LogP contribution in [-0.4, -0.2) is 10.1 Å². The second-order valence-corrected chi connectivity index (χ2v) is 3.16. The van der Waals surface area contributed by atoms with E-state index in [9.17, 15) is 0 Å². The number of halogens is 1. The highest BCUT2D eigenvalue weighted by Crippen LogP contribution is 2.14. The molecule has 0 atom stereocenters. The summed E-state index contributed by atoms with van der Waals surface area (Å²) in [6, 6.07) is 9.73. The van der Waals surface area contributed by atoms with Gasteiger partial charge in [0.15, 0.2) is 0 Å². The van der Waals surface area contributed by atoms with Crippen molar-refractivity contribution in [3.05, 3.63) is 34.2 Å². The molecule has 0 spiro atoms. The van der Waals surface area contributed by atoms with E-state index < -0.39 is 0 Å². The van der Waals surface area contributed by atoms with Gasteiger partial charge in [-0.3, -0.25) is 0 Å². The number of rotatable bonds is 1. The minimum absolute atomic E-state index is 0.562. The Balaban J connectivity index is 2.45. The molecule has 4 heteroatoms. The van der Waals surface area contributed by atoms with Crippen molar-refractivity contribution in [1.29, 1.82) is 0 Å². The lowest BCUT2D eigenvalue weighted by Crippen LogP contribution is -1.78. The molecule has 12 heavy (non-hydrogen) atoms. The Morgan fingerprint density at radius 3 is 2.50 bits per heavy atom. The number of hydrogen-bond acceptors (Lipinski definition) is 3. The molecular weight excluding hydrogens is 267 g/mol. The zero-order valence-corrected chi connectivity index (χ0v) is 8.22. The van der Waals surface area contributed by atoms with E-state index in [0.717, 1.165) is 5.56 Å². The van der Waals surface area contributed by atoms with E-state index in [2.05, 4.69) is 10.1 Å². The van der Waals surface area contributed by atoms with Crippen LogP contribution in [0.15, 0.2) is 34.9 Å². The minimum atomic E-state index is 0.562. The Bertz CT molecular complexity index is 372. The highest BCUT2D eigenvalue weighted by molar-refractivity contribution is 14.1. The van der Waals surface area contributed by atoms with Crippen molar-refractivity contribution in [1.82, 2.24) is 10.1 Å². The Labute approximate surface area is 82.9 Å². The van der Waals surface area contributed by atoms with E-state index in [1.165, 1.54) is 0 Å². The number of nitrogens with zero attached hydrogens (tertiary/aromatic N) is 2. The van der Waals surface area contributed by atoms with Gasteiger partial charge in [0.25, 0.3) is 3.90 Å². The lowest BCUT2D eigenvalue weighted by molar-refractivity contribution is 0.394. The van der Waals surface area contributed by atoms with Crippen molar-refractivity contribution in [3.63, 3.8) is 0 Å². The fourth-order valence-corrected chi connectivity index (χ4v) is 1.24. The molecule has 0 aliphatic carbocycles. The SMILES string of the molecule is Ic1nc(-c2ccccc2)no1. The summed E-state index contributed by atoms with van der Waals surface area (Å²) < 4.78 is 5.41. The second-order valence-electron chi connectivity index (χ2n) is 2.24. The van der Waals surface area contributed by atoms with Crippen LogP contribution in [0, 0.1) is 3.90 Å². The van der Waals surface area contributed by atoms with Gasteiger partial charge in [-0.05, 0) is 0 Å². The topological polar surface area (TPSA) is 38.9 Å². The average Bonchev–Trinajstić information content (AvgIpc) is 2.54. The summed E-state index contributed by atoms with van der Waals surface area (Å²) >= 11 is 1.99. The van der Waals surface area contributed by atoms with E-state index >= 15 is 0 Å². The maximum Gasteiger partial charge on any atom is 0.287 e. The van der Waals surface area contributed by atoms with Crippen molar-refractivity contribution in [2.24, 2.45) is 0 Å². The van der Waals surface area contributed by atoms with Gasteiger partial charge in [0, 0.05) is 28.2 Å². The predicted molar refractivity (Wildman–Crippen MR) is 52.5 cm³/mol. The molecule has 0 bridgehead atoms. The lowest BCUT2D eigenvalue weighted by Gasteiger charge is -1.89. The lowest BCUT2D eigenvalue weighted by atomic mass is 10.2. The summed E-state index contributed by atoms with van der Waals surface area (Å²) in [6.07, 6.45) is 0. The van der Waals surface area contributed by atoms with Crippen molar-refractivity contribution in [2.45, 2.75) is 0 Å². The predicted octanol–water partition coefficient (Wildman–Crippen LogP) is 2.34. The summed E-state index contributed by atoms with van der Waals surface area (Å²) in [6.45, 7) is 0. The molecule has 1 heterocycles. The average molecular weight is 272 g/mol. The Morgan fingerprint density at radius 1 is 1.17 bits per heavy atom. The van der Waals surface area contributed by atoms with Gasteiger partial charge in [0.2, 0.25) is 5.82 Å². The van der Waals surface area contributed by atoms with Gasteiger partial charge in [-0.25, -0.2) is 0 Å². The van der Waals surface area contributed by atoms with Crippen molar-refractivity contribution in [2.75, 3.05) is 0 Å².